The predicted molar refractivity (Wildman–Crippen MR) is 88.3 cm³/mol. The molecule has 1 heterocycles. The number of nitrogens with one attached hydrogen (secondary N) is 1. The maximum absolute atomic E-state index is 13.3. The van der Waals surface area contributed by atoms with Gasteiger partial charge in [0.2, 0.25) is 0 Å². The van der Waals surface area contributed by atoms with E-state index in [2.05, 4.69) is 28.2 Å². The molecule has 0 aliphatic heterocycles. The Balaban J connectivity index is 2.41. The summed E-state index contributed by atoms with van der Waals surface area (Å²) >= 11 is 11.1. The molecule has 1 N–H and O–H groups in total. The fourth-order valence-corrected chi connectivity index (χ4v) is 3.95. The van der Waals surface area contributed by atoms with Crippen LogP contribution in [0, 0.1) is 12.7 Å². The van der Waals surface area contributed by atoms with Gasteiger partial charge in [0.1, 0.15) is 10.2 Å². The molecule has 0 radical (unpaired) electrons. The van der Waals surface area contributed by atoms with Crippen molar-refractivity contribution in [1.82, 2.24) is 5.32 Å². The summed E-state index contributed by atoms with van der Waals surface area (Å²) in [6.45, 7) is 4.96. The molecule has 20 heavy (non-hydrogen) atoms. The van der Waals surface area contributed by atoms with E-state index < -0.39 is 0 Å². The number of aryl methyl sites for hydroxylation is 1. The number of rotatable bonds is 5. The molecule has 1 aromatic carbocycles. The zero-order valence-corrected chi connectivity index (χ0v) is 14.5. The SMILES string of the molecule is CCCNC(c1cc(Br)c(Cl)s1)c1ccc(F)cc1C. The van der Waals surface area contributed by atoms with Crippen molar-refractivity contribution in [2.24, 2.45) is 0 Å². The highest BCUT2D eigenvalue weighted by molar-refractivity contribution is 9.10. The van der Waals surface area contributed by atoms with Crippen molar-refractivity contribution in [3.63, 3.8) is 0 Å². The summed E-state index contributed by atoms with van der Waals surface area (Å²) in [5, 5.41) is 3.51. The zero-order valence-electron chi connectivity index (χ0n) is 11.3. The Bertz CT molecular complexity index is 580. The smallest absolute Gasteiger partial charge is 0.123 e. The maximum Gasteiger partial charge on any atom is 0.123 e. The summed E-state index contributed by atoms with van der Waals surface area (Å²) in [6.07, 6.45) is 1.04. The predicted octanol–water partition coefficient (Wildman–Crippen LogP) is 5.70. The van der Waals surface area contributed by atoms with Gasteiger partial charge in [-0.3, -0.25) is 0 Å². The van der Waals surface area contributed by atoms with Gasteiger partial charge >= 0.3 is 0 Å². The molecule has 1 unspecified atom stereocenters. The van der Waals surface area contributed by atoms with Gasteiger partial charge in [-0.25, -0.2) is 4.39 Å². The fourth-order valence-electron chi connectivity index (χ4n) is 2.12. The highest BCUT2D eigenvalue weighted by atomic mass is 79.9. The number of hydrogen-bond donors (Lipinski definition) is 1. The standard InChI is InChI=1S/C15H16BrClFNS/c1-3-6-19-14(13-8-12(16)15(17)20-13)11-5-4-10(18)7-9(11)2/h4-5,7-8,14,19H,3,6H2,1-2H3. The molecule has 0 saturated carbocycles. The van der Waals surface area contributed by atoms with E-state index in [1.165, 1.54) is 6.07 Å². The molecule has 0 aliphatic rings. The number of benzene rings is 1. The summed E-state index contributed by atoms with van der Waals surface area (Å²) in [7, 11) is 0. The van der Waals surface area contributed by atoms with Crippen molar-refractivity contribution in [2.45, 2.75) is 26.3 Å². The van der Waals surface area contributed by atoms with E-state index in [1.54, 1.807) is 17.4 Å². The maximum atomic E-state index is 13.3. The molecule has 0 aliphatic carbocycles. The van der Waals surface area contributed by atoms with Crippen molar-refractivity contribution in [3.05, 3.63) is 54.9 Å². The summed E-state index contributed by atoms with van der Waals surface area (Å²) < 4.78 is 14.9. The third kappa shape index (κ3) is 3.61. The molecule has 1 aromatic heterocycles. The van der Waals surface area contributed by atoms with Gasteiger partial charge < -0.3 is 5.32 Å². The van der Waals surface area contributed by atoms with E-state index in [0.717, 1.165) is 37.8 Å². The monoisotopic (exact) mass is 375 g/mol. The van der Waals surface area contributed by atoms with E-state index >= 15 is 0 Å². The molecule has 0 saturated heterocycles. The van der Waals surface area contributed by atoms with Crippen LogP contribution in [0.25, 0.3) is 0 Å². The van der Waals surface area contributed by atoms with Crippen LogP contribution in [0.15, 0.2) is 28.7 Å². The van der Waals surface area contributed by atoms with Gasteiger partial charge in [0.05, 0.1) is 6.04 Å². The van der Waals surface area contributed by atoms with Crippen LogP contribution in [-0.4, -0.2) is 6.54 Å². The van der Waals surface area contributed by atoms with Gasteiger partial charge in [0.25, 0.3) is 0 Å². The quantitative estimate of drug-likeness (QED) is 0.705. The average molecular weight is 377 g/mol. The molecule has 2 aromatic rings. The van der Waals surface area contributed by atoms with Crippen molar-refractivity contribution >= 4 is 38.9 Å². The minimum absolute atomic E-state index is 0.0457. The number of hydrogen-bond acceptors (Lipinski definition) is 2. The second kappa shape index (κ2) is 7.03. The summed E-state index contributed by atoms with van der Waals surface area (Å²) in [5.41, 5.74) is 2.03. The van der Waals surface area contributed by atoms with Crippen LogP contribution >= 0.6 is 38.9 Å². The molecule has 2 rings (SSSR count). The Morgan fingerprint density at radius 2 is 2.15 bits per heavy atom. The second-order valence-corrected chi connectivity index (χ2v) is 7.20. The average Bonchev–Trinajstić information content (AvgIpc) is 2.72. The van der Waals surface area contributed by atoms with Gasteiger partial charge in [-0.2, -0.15) is 0 Å². The summed E-state index contributed by atoms with van der Waals surface area (Å²) in [4.78, 5) is 1.13. The Morgan fingerprint density at radius 3 is 2.70 bits per heavy atom. The van der Waals surface area contributed by atoms with Gasteiger partial charge in [-0.05, 0) is 65.1 Å². The summed E-state index contributed by atoms with van der Waals surface area (Å²) in [5.74, 6) is -0.203. The first-order valence-corrected chi connectivity index (χ1v) is 8.45. The Labute approximate surface area is 136 Å². The van der Waals surface area contributed by atoms with Gasteiger partial charge in [0.15, 0.2) is 0 Å². The Hall–Kier alpha value is -0.420. The largest absolute Gasteiger partial charge is 0.306 e. The van der Waals surface area contributed by atoms with Crippen LogP contribution < -0.4 is 5.32 Å². The normalized spacial score (nSPS) is 12.7. The molecule has 0 fully saturated rings. The van der Waals surface area contributed by atoms with E-state index in [1.807, 2.05) is 19.1 Å². The van der Waals surface area contributed by atoms with Crippen molar-refractivity contribution in [1.29, 1.82) is 0 Å². The molecular formula is C15H16BrClFNS. The first kappa shape index (κ1) is 16.0. The third-order valence-corrected chi connectivity index (χ3v) is 5.63. The Kier molecular flexibility index (Phi) is 5.61. The lowest BCUT2D eigenvalue weighted by atomic mass is 9.99. The molecule has 1 atom stereocenters. The lowest BCUT2D eigenvalue weighted by Gasteiger charge is -2.19. The molecule has 0 bridgehead atoms. The highest BCUT2D eigenvalue weighted by Gasteiger charge is 2.19. The minimum atomic E-state index is -0.203. The van der Waals surface area contributed by atoms with Crippen molar-refractivity contribution < 1.29 is 4.39 Å². The van der Waals surface area contributed by atoms with Crippen LogP contribution in [0.1, 0.15) is 35.4 Å². The van der Waals surface area contributed by atoms with Gasteiger partial charge in [-0.1, -0.05) is 24.6 Å². The van der Waals surface area contributed by atoms with Crippen LogP contribution in [0.5, 0.6) is 0 Å². The van der Waals surface area contributed by atoms with Crippen LogP contribution in [0.4, 0.5) is 4.39 Å². The summed E-state index contributed by atoms with van der Waals surface area (Å²) in [6, 6.07) is 7.00. The lowest BCUT2D eigenvalue weighted by molar-refractivity contribution is 0.596. The van der Waals surface area contributed by atoms with E-state index in [-0.39, 0.29) is 11.9 Å². The van der Waals surface area contributed by atoms with Crippen molar-refractivity contribution in [3.8, 4) is 0 Å². The van der Waals surface area contributed by atoms with E-state index in [4.69, 9.17) is 11.6 Å². The first-order chi connectivity index (χ1) is 9.52. The van der Waals surface area contributed by atoms with E-state index in [9.17, 15) is 4.39 Å². The second-order valence-electron chi connectivity index (χ2n) is 4.66. The van der Waals surface area contributed by atoms with Gasteiger partial charge in [0, 0.05) is 9.35 Å². The number of thiophene rings is 1. The molecule has 108 valence electrons. The van der Waals surface area contributed by atoms with Crippen LogP contribution in [-0.2, 0) is 0 Å². The van der Waals surface area contributed by atoms with Gasteiger partial charge in [-0.15, -0.1) is 11.3 Å². The molecule has 0 spiro atoms. The first-order valence-electron chi connectivity index (χ1n) is 6.47. The zero-order chi connectivity index (χ0) is 14.7. The minimum Gasteiger partial charge on any atom is -0.306 e. The topological polar surface area (TPSA) is 12.0 Å². The third-order valence-electron chi connectivity index (χ3n) is 3.09. The molecule has 5 heteroatoms. The van der Waals surface area contributed by atoms with Crippen LogP contribution in [0.2, 0.25) is 4.34 Å². The molecular weight excluding hydrogens is 361 g/mol. The Morgan fingerprint density at radius 1 is 1.40 bits per heavy atom. The fraction of sp³-hybridized carbons (Fsp3) is 0.333. The molecule has 1 nitrogen and oxygen atoms in total. The number of halogens is 3. The van der Waals surface area contributed by atoms with Crippen LogP contribution in [0.3, 0.4) is 0 Å². The highest BCUT2D eigenvalue weighted by Crippen LogP contribution is 2.38. The molecule has 0 amide bonds. The van der Waals surface area contributed by atoms with E-state index in [0.29, 0.717) is 0 Å². The van der Waals surface area contributed by atoms with Crippen molar-refractivity contribution in [2.75, 3.05) is 6.54 Å². The lowest BCUT2D eigenvalue weighted by Crippen LogP contribution is -2.23.